The third-order valence-electron chi connectivity index (χ3n) is 3.67. The maximum absolute atomic E-state index is 13.9. The predicted octanol–water partition coefficient (Wildman–Crippen LogP) is 3.51. The number of benzene rings is 1. The lowest BCUT2D eigenvalue weighted by atomic mass is 10.2. The lowest BCUT2D eigenvalue weighted by Crippen LogP contribution is -2.15. The number of sulfonamides is 1. The van der Waals surface area contributed by atoms with E-state index in [0.29, 0.717) is 11.4 Å². The topological polar surface area (TPSA) is 79.8 Å². The van der Waals surface area contributed by atoms with Gasteiger partial charge in [0.15, 0.2) is 0 Å². The second kappa shape index (κ2) is 6.37. The summed E-state index contributed by atoms with van der Waals surface area (Å²) >= 11 is 0. The fraction of sp³-hybridized carbons (Fsp3) is 0.133. The number of halogens is 5. The van der Waals surface area contributed by atoms with Crippen LogP contribution in [0.3, 0.4) is 0 Å². The third-order valence-corrected chi connectivity index (χ3v) is 5.01. The second-order valence-corrected chi connectivity index (χ2v) is 7.24. The molecule has 0 unspecified atom stereocenters. The van der Waals surface area contributed by atoms with E-state index in [1.807, 2.05) is 0 Å². The number of H-pyrrole nitrogens is 1. The molecular weight excluding hydrogens is 395 g/mol. The molecule has 0 aliphatic carbocycles. The van der Waals surface area contributed by atoms with Gasteiger partial charge in [-0.25, -0.2) is 22.2 Å². The number of aromatic amines is 1. The van der Waals surface area contributed by atoms with Crippen molar-refractivity contribution in [2.24, 2.45) is 7.05 Å². The van der Waals surface area contributed by atoms with Crippen LogP contribution in [0, 0.1) is 11.6 Å². The highest BCUT2D eigenvalue weighted by Gasteiger charge is 2.35. The van der Waals surface area contributed by atoms with Crippen LogP contribution in [-0.2, 0) is 23.2 Å². The van der Waals surface area contributed by atoms with E-state index in [0.717, 1.165) is 6.20 Å². The van der Waals surface area contributed by atoms with Crippen molar-refractivity contribution in [3.8, 4) is 11.4 Å². The number of imidazole rings is 1. The van der Waals surface area contributed by atoms with E-state index in [2.05, 4.69) is 9.97 Å². The lowest BCUT2D eigenvalue weighted by molar-refractivity contribution is -0.140. The number of hydrogen-bond acceptors (Lipinski definition) is 3. The molecule has 0 amide bonds. The summed E-state index contributed by atoms with van der Waals surface area (Å²) in [6.45, 7) is 0. The molecule has 12 heteroatoms. The van der Waals surface area contributed by atoms with Crippen molar-refractivity contribution >= 4 is 15.7 Å². The summed E-state index contributed by atoms with van der Waals surface area (Å²) < 4.78 is 93.3. The van der Waals surface area contributed by atoms with Gasteiger partial charge < -0.3 is 9.55 Å². The monoisotopic (exact) mass is 406 g/mol. The van der Waals surface area contributed by atoms with E-state index in [1.54, 1.807) is 16.3 Å². The third kappa shape index (κ3) is 3.65. The summed E-state index contributed by atoms with van der Waals surface area (Å²) in [6.07, 6.45) is -1.05. The summed E-state index contributed by atoms with van der Waals surface area (Å²) in [5, 5.41) is 0. The van der Waals surface area contributed by atoms with Gasteiger partial charge in [-0.05, 0) is 12.1 Å². The van der Waals surface area contributed by atoms with Crippen molar-refractivity contribution in [2.75, 3.05) is 4.72 Å². The minimum Gasteiger partial charge on any atom is -0.359 e. The van der Waals surface area contributed by atoms with E-state index in [9.17, 15) is 30.4 Å². The Bertz CT molecular complexity index is 1100. The van der Waals surface area contributed by atoms with Crippen LogP contribution >= 0.6 is 0 Å². The summed E-state index contributed by atoms with van der Waals surface area (Å²) in [5.74, 6) is -3.36. The van der Waals surface area contributed by atoms with Crippen molar-refractivity contribution in [3.63, 3.8) is 0 Å². The molecule has 0 aliphatic heterocycles. The van der Waals surface area contributed by atoms with Gasteiger partial charge in [-0.3, -0.25) is 4.72 Å². The Hall–Kier alpha value is -2.89. The Kier molecular flexibility index (Phi) is 4.46. The normalized spacial score (nSPS) is 12.4. The van der Waals surface area contributed by atoms with Crippen LogP contribution in [0.15, 0.2) is 41.8 Å². The fourth-order valence-corrected chi connectivity index (χ4v) is 3.39. The van der Waals surface area contributed by atoms with Gasteiger partial charge in [0.1, 0.15) is 16.5 Å². The van der Waals surface area contributed by atoms with E-state index >= 15 is 0 Å². The first kappa shape index (κ1) is 18.9. The summed E-state index contributed by atoms with van der Waals surface area (Å²) in [5.41, 5.74) is -1.83. The highest BCUT2D eigenvalue weighted by atomic mass is 32.2. The van der Waals surface area contributed by atoms with Gasteiger partial charge in [-0.1, -0.05) is 0 Å². The molecule has 144 valence electrons. The molecule has 0 radical (unpaired) electrons. The van der Waals surface area contributed by atoms with E-state index in [1.165, 1.54) is 18.6 Å². The molecule has 2 heterocycles. The minimum absolute atomic E-state index is 0.106. The number of anilines is 1. The molecule has 6 nitrogen and oxygen atoms in total. The van der Waals surface area contributed by atoms with Gasteiger partial charge in [0.05, 0.1) is 35.2 Å². The molecule has 0 spiro atoms. The molecule has 1 aromatic carbocycles. The van der Waals surface area contributed by atoms with Gasteiger partial charge >= 0.3 is 6.18 Å². The summed E-state index contributed by atoms with van der Waals surface area (Å²) in [6, 6.07) is 1.26. The molecular formula is C15H11F5N4O2S. The number of nitrogens with zero attached hydrogens (tertiary/aromatic N) is 2. The highest BCUT2D eigenvalue weighted by molar-refractivity contribution is 7.92. The Morgan fingerprint density at radius 3 is 2.44 bits per heavy atom. The SMILES string of the molecule is Cn1cncc1-c1cc(S(=O)(=O)Nc2cc(F)c(C(F)(F)F)cc2F)c[nH]1. The van der Waals surface area contributed by atoms with Crippen LogP contribution in [0.1, 0.15) is 5.56 Å². The minimum atomic E-state index is -5.11. The maximum atomic E-state index is 13.9. The Labute approximate surface area is 149 Å². The molecule has 2 aromatic heterocycles. The van der Waals surface area contributed by atoms with E-state index in [-0.39, 0.29) is 17.0 Å². The first-order valence-corrected chi connectivity index (χ1v) is 8.71. The van der Waals surface area contributed by atoms with E-state index < -0.39 is 39.1 Å². The molecule has 0 saturated carbocycles. The number of aromatic nitrogens is 3. The van der Waals surface area contributed by atoms with Crippen LogP contribution < -0.4 is 4.72 Å². The first-order chi connectivity index (χ1) is 12.5. The lowest BCUT2D eigenvalue weighted by Gasteiger charge is -2.12. The number of nitrogens with one attached hydrogen (secondary N) is 2. The number of rotatable bonds is 4. The first-order valence-electron chi connectivity index (χ1n) is 7.23. The van der Waals surface area contributed by atoms with Crippen LogP contribution in [0.2, 0.25) is 0 Å². The fourth-order valence-electron chi connectivity index (χ4n) is 2.34. The highest BCUT2D eigenvalue weighted by Crippen LogP contribution is 2.34. The molecule has 0 saturated heterocycles. The number of alkyl halides is 3. The Balaban J connectivity index is 1.93. The average Bonchev–Trinajstić information content (AvgIpc) is 3.18. The van der Waals surface area contributed by atoms with Crippen molar-refractivity contribution in [3.05, 3.63) is 54.1 Å². The standard InChI is InChI=1S/C15H11F5N4O2S/c1-24-7-21-6-14(24)13-2-8(5-22-13)27(25,26)23-12-4-10(16)9(3-11(12)17)15(18,19)20/h2-7,22-23H,1H3. The molecule has 27 heavy (non-hydrogen) atoms. The van der Waals surface area contributed by atoms with Gasteiger partial charge in [0, 0.05) is 19.3 Å². The maximum Gasteiger partial charge on any atom is 0.419 e. The zero-order valence-corrected chi connectivity index (χ0v) is 14.3. The van der Waals surface area contributed by atoms with Crippen molar-refractivity contribution in [2.45, 2.75) is 11.1 Å². The molecule has 0 atom stereocenters. The molecule has 2 N–H and O–H groups in total. The molecule has 0 fully saturated rings. The summed E-state index contributed by atoms with van der Waals surface area (Å²) in [4.78, 5) is 6.26. The van der Waals surface area contributed by atoms with Gasteiger partial charge in [-0.15, -0.1) is 0 Å². The molecule has 3 rings (SSSR count). The van der Waals surface area contributed by atoms with Gasteiger partial charge in [0.2, 0.25) is 0 Å². The second-order valence-electron chi connectivity index (χ2n) is 5.55. The Morgan fingerprint density at radius 2 is 1.85 bits per heavy atom. The number of aryl methyl sites for hydroxylation is 1. The van der Waals surface area contributed by atoms with Gasteiger partial charge in [0.25, 0.3) is 10.0 Å². The summed E-state index contributed by atoms with van der Waals surface area (Å²) in [7, 11) is -2.71. The Morgan fingerprint density at radius 1 is 1.15 bits per heavy atom. The number of hydrogen-bond donors (Lipinski definition) is 2. The van der Waals surface area contributed by atoms with Gasteiger partial charge in [-0.2, -0.15) is 13.2 Å². The van der Waals surface area contributed by atoms with Crippen molar-refractivity contribution in [1.29, 1.82) is 0 Å². The average molecular weight is 406 g/mol. The van der Waals surface area contributed by atoms with Crippen LogP contribution in [0.4, 0.5) is 27.6 Å². The zero-order chi connectivity index (χ0) is 20.0. The predicted molar refractivity (Wildman–Crippen MR) is 85.2 cm³/mol. The smallest absolute Gasteiger partial charge is 0.359 e. The quantitative estimate of drug-likeness (QED) is 0.651. The van der Waals surface area contributed by atoms with Crippen molar-refractivity contribution in [1.82, 2.24) is 14.5 Å². The molecule has 3 aromatic rings. The van der Waals surface area contributed by atoms with Crippen LogP contribution in [0.25, 0.3) is 11.4 Å². The van der Waals surface area contributed by atoms with Crippen molar-refractivity contribution < 1.29 is 30.4 Å². The van der Waals surface area contributed by atoms with Crippen LogP contribution in [0.5, 0.6) is 0 Å². The van der Waals surface area contributed by atoms with Crippen LogP contribution in [-0.4, -0.2) is 23.0 Å². The largest absolute Gasteiger partial charge is 0.419 e. The van der Waals surface area contributed by atoms with E-state index in [4.69, 9.17) is 0 Å². The molecule has 0 bridgehead atoms. The molecule has 0 aliphatic rings. The zero-order valence-electron chi connectivity index (χ0n) is 13.5.